The van der Waals surface area contributed by atoms with Gasteiger partial charge in [0.1, 0.15) is 5.75 Å². The van der Waals surface area contributed by atoms with E-state index in [2.05, 4.69) is 4.74 Å². The number of nitriles is 1. The number of carbonyl (C=O) groups is 1. The fourth-order valence-electron chi connectivity index (χ4n) is 1.48. The topological polar surface area (TPSA) is 70.3 Å². The lowest BCUT2D eigenvalue weighted by Crippen LogP contribution is -2.18. The van der Waals surface area contributed by atoms with E-state index < -0.39 is 24.5 Å². The smallest absolute Gasteiger partial charge is 0.481 e. The van der Waals surface area contributed by atoms with Crippen molar-refractivity contribution in [1.82, 2.24) is 0 Å². The normalized spacial score (nSPS) is 10.9. The third-order valence-electron chi connectivity index (χ3n) is 2.11. The van der Waals surface area contributed by atoms with E-state index in [1.54, 1.807) is 6.07 Å². The van der Waals surface area contributed by atoms with E-state index in [1.807, 2.05) is 0 Å². The zero-order chi connectivity index (χ0) is 14.6. The third kappa shape index (κ3) is 4.34. The van der Waals surface area contributed by atoms with Gasteiger partial charge in [0.05, 0.1) is 18.1 Å². The number of alkyl halides is 4. The Labute approximate surface area is 111 Å². The Bertz CT molecular complexity index is 537. The monoisotopic (exact) mass is 293 g/mol. The number of rotatable bonds is 4. The number of carboxylic acids is 1. The second-order valence-corrected chi connectivity index (χ2v) is 3.75. The third-order valence-corrected chi connectivity index (χ3v) is 2.39. The number of benzene rings is 1. The molecule has 1 aromatic carbocycles. The van der Waals surface area contributed by atoms with Crippen LogP contribution < -0.4 is 4.74 Å². The summed E-state index contributed by atoms with van der Waals surface area (Å²) >= 11 is 5.53. The Kier molecular flexibility index (Phi) is 4.62. The molecule has 19 heavy (non-hydrogen) atoms. The molecule has 102 valence electrons. The summed E-state index contributed by atoms with van der Waals surface area (Å²) < 4.78 is 40.1. The van der Waals surface area contributed by atoms with Crippen molar-refractivity contribution in [2.45, 2.75) is 18.7 Å². The van der Waals surface area contributed by atoms with Gasteiger partial charge in [-0.25, -0.2) is 0 Å². The van der Waals surface area contributed by atoms with Gasteiger partial charge in [-0.15, -0.1) is 24.8 Å². The molecule has 1 aromatic rings. The molecule has 0 saturated heterocycles. The average molecular weight is 294 g/mol. The highest BCUT2D eigenvalue weighted by Gasteiger charge is 2.31. The van der Waals surface area contributed by atoms with Crippen LogP contribution in [0.5, 0.6) is 5.75 Å². The fraction of sp³-hybridized carbons (Fsp3) is 0.273. The van der Waals surface area contributed by atoms with Gasteiger partial charge in [0.2, 0.25) is 0 Å². The molecule has 0 atom stereocenters. The largest absolute Gasteiger partial charge is 0.573 e. The van der Waals surface area contributed by atoms with Gasteiger partial charge in [-0.1, -0.05) is 0 Å². The van der Waals surface area contributed by atoms with Gasteiger partial charge in [-0.2, -0.15) is 5.26 Å². The molecule has 1 N–H and O–H groups in total. The van der Waals surface area contributed by atoms with Crippen molar-refractivity contribution in [3.05, 3.63) is 28.8 Å². The van der Waals surface area contributed by atoms with E-state index >= 15 is 0 Å². The van der Waals surface area contributed by atoms with Crippen LogP contribution >= 0.6 is 11.6 Å². The highest BCUT2D eigenvalue weighted by Crippen LogP contribution is 2.28. The number of ether oxygens (including phenoxy) is 1. The minimum Gasteiger partial charge on any atom is -0.481 e. The van der Waals surface area contributed by atoms with Crippen LogP contribution in [-0.2, 0) is 17.1 Å². The lowest BCUT2D eigenvalue weighted by Gasteiger charge is -2.13. The molecule has 0 unspecified atom stereocenters. The van der Waals surface area contributed by atoms with Crippen LogP contribution in [0.15, 0.2) is 12.1 Å². The van der Waals surface area contributed by atoms with Crippen molar-refractivity contribution in [3.8, 4) is 11.8 Å². The summed E-state index contributed by atoms with van der Waals surface area (Å²) in [4.78, 5) is 10.6. The standard InChI is InChI=1S/C11H7ClF3NO3/c12-4-7-2-8(19-11(13,14)15)1-6(3-10(17)18)9(7)5-16/h1-2H,3-4H2,(H,17,18). The first-order valence-electron chi connectivity index (χ1n) is 4.86. The molecule has 1 rings (SSSR count). The number of hydrogen-bond acceptors (Lipinski definition) is 3. The zero-order valence-electron chi connectivity index (χ0n) is 9.29. The van der Waals surface area contributed by atoms with Crippen molar-refractivity contribution in [2.24, 2.45) is 0 Å². The first-order valence-corrected chi connectivity index (χ1v) is 5.39. The maximum Gasteiger partial charge on any atom is 0.573 e. The summed E-state index contributed by atoms with van der Waals surface area (Å²) in [6.07, 6.45) is -5.50. The molecule has 8 heteroatoms. The predicted octanol–water partition coefficient (Wildman–Crippen LogP) is 2.82. The van der Waals surface area contributed by atoms with Crippen LogP contribution in [0.4, 0.5) is 13.2 Å². The van der Waals surface area contributed by atoms with Gasteiger partial charge in [0.25, 0.3) is 0 Å². The molecule has 0 aromatic heterocycles. The average Bonchev–Trinajstić information content (AvgIpc) is 2.25. The van der Waals surface area contributed by atoms with Gasteiger partial charge < -0.3 is 9.84 Å². The maximum absolute atomic E-state index is 12.1. The van der Waals surface area contributed by atoms with E-state index in [4.69, 9.17) is 22.0 Å². The molecule has 4 nitrogen and oxygen atoms in total. The summed E-state index contributed by atoms with van der Waals surface area (Å²) in [5.41, 5.74) is -0.0403. The molecule has 0 aliphatic heterocycles. The summed E-state index contributed by atoms with van der Waals surface area (Å²) in [7, 11) is 0. The van der Waals surface area contributed by atoms with E-state index in [-0.39, 0.29) is 22.6 Å². The van der Waals surface area contributed by atoms with Crippen molar-refractivity contribution in [2.75, 3.05) is 0 Å². The number of hydrogen-bond donors (Lipinski definition) is 1. The summed E-state index contributed by atoms with van der Waals surface area (Å²) in [6, 6.07) is 3.56. The summed E-state index contributed by atoms with van der Waals surface area (Å²) in [6.45, 7) is 0. The van der Waals surface area contributed by atoms with Crippen LogP contribution in [-0.4, -0.2) is 17.4 Å². The minimum absolute atomic E-state index is 0.0491. The highest BCUT2D eigenvalue weighted by atomic mass is 35.5. The quantitative estimate of drug-likeness (QED) is 0.867. The first kappa shape index (κ1) is 15.1. The maximum atomic E-state index is 12.1. The molecule has 0 aliphatic carbocycles. The molecule has 0 bridgehead atoms. The number of aliphatic carboxylic acids is 1. The summed E-state index contributed by atoms with van der Waals surface area (Å²) in [5.74, 6) is -2.11. The Balaban J connectivity index is 3.30. The molecule has 0 saturated carbocycles. The molecule has 0 spiro atoms. The SMILES string of the molecule is N#Cc1c(CCl)cc(OC(F)(F)F)cc1CC(=O)O. The van der Waals surface area contributed by atoms with Crippen LogP contribution in [0.1, 0.15) is 16.7 Å². The molecule has 0 radical (unpaired) electrons. The Morgan fingerprint density at radius 3 is 2.42 bits per heavy atom. The Morgan fingerprint density at radius 2 is 2.00 bits per heavy atom. The van der Waals surface area contributed by atoms with Gasteiger partial charge in [-0.05, 0) is 23.3 Å². The fourth-order valence-corrected chi connectivity index (χ4v) is 1.69. The highest BCUT2D eigenvalue weighted by molar-refractivity contribution is 6.17. The number of nitrogens with zero attached hydrogens (tertiary/aromatic N) is 1. The molecule has 0 amide bonds. The molecule has 0 aliphatic rings. The minimum atomic E-state index is -4.90. The van der Waals surface area contributed by atoms with Gasteiger partial charge in [-0.3, -0.25) is 4.79 Å². The number of halogens is 4. The van der Waals surface area contributed by atoms with E-state index in [1.165, 1.54) is 0 Å². The Morgan fingerprint density at radius 1 is 1.42 bits per heavy atom. The van der Waals surface area contributed by atoms with Gasteiger partial charge in [0, 0.05) is 5.88 Å². The van der Waals surface area contributed by atoms with Crippen molar-refractivity contribution >= 4 is 17.6 Å². The first-order chi connectivity index (χ1) is 8.76. The molecule has 0 fully saturated rings. The lowest BCUT2D eigenvalue weighted by molar-refractivity contribution is -0.274. The van der Waals surface area contributed by atoms with Crippen LogP contribution in [0, 0.1) is 11.3 Å². The second kappa shape index (κ2) is 5.80. The van der Waals surface area contributed by atoms with E-state index in [0.717, 1.165) is 12.1 Å². The van der Waals surface area contributed by atoms with Gasteiger partial charge >= 0.3 is 12.3 Å². The van der Waals surface area contributed by atoms with E-state index in [9.17, 15) is 18.0 Å². The second-order valence-electron chi connectivity index (χ2n) is 3.48. The lowest BCUT2D eigenvalue weighted by atomic mass is 10.00. The molecular weight excluding hydrogens is 287 g/mol. The molecule has 0 heterocycles. The zero-order valence-corrected chi connectivity index (χ0v) is 10.0. The van der Waals surface area contributed by atoms with Crippen molar-refractivity contribution in [1.29, 1.82) is 5.26 Å². The number of carboxylic acid groups (broad SMARTS) is 1. The van der Waals surface area contributed by atoms with Crippen LogP contribution in [0.3, 0.4) is 0 Å². The predicted molar refractivity (Wildman–Crippen MR) is 58.7 cm³/mol. The van der Waals surface area contributed by atoms with Crippen molar-refractivity contribution < 1.29 is 27.8 Å². The van der Waals surface area contributed by atoms with Gasteiger partial charge in [0.15, 0.2) is 0 Å². The van der Waals surface area contributed by atoms with E-state index in [0.29, 0.717) is 0 Å². The summed E-state index contributed by atoms with van der Waals surface area (Å²) in [5, 5.41) is 17.6. The Hall–Kier alpha value is -1.94. The van der Waals surface area contributed by atoms with Crippen molar-refractivity contribution in [3.63, 3.8) is 0 Å². The van der Waals surface area contributed by atoms with Crippen LogP contribution in [0.2, 0.25) is 0 Å². The molecular formula is C11H7ClF3NO3. The van der Waals surface area contributed by atoms with Crippen LogP contribution in [0.25, 0.3) is 0 Å².